The van der Waals surface area contributed by atoms with Crippen LogP contribution in [0.1, 0.15) is 13.3 Å². The van der Waals surface area contributed by atoms with Crippen LogP contribution < -0.4 is 0 Å². The molecule has 3 nitrogen and oxygen atoms in total. The number of hydrogen-bond acceptors (Lipinski definition) is 3. The van der Waals surface area contributed by atoms with Crippen molar-refractivity contribution in [3.8, 4) is 0 Å². The molecule has 0 aliphatic carbocycles. The lowest BCUT2D eigenvalue weighted by atomic mass is 9.97. The van der Waals surface area contributed by atoms with Gasteiger partial charge in [-0.15, -0.1) is 0 Å². The van der Waals surface area contributed by atoms with E-state index >= 15 is 0 Å². The van der Waals surface area contributed by atoms with Gasteiger partial charge in [0.25, 0.3) is 0 Å². The average molecular weight is 203 g/mol. The van der Waals surface area contributed by atoms with Crippen LogP contribution in [0.2, 0.25) is 0 Å². The molecule has 1 heterocycles. The van der Waals surface area contributed by atoms with Gasteiger partial charge in [-0.05, 0) is 18.6 Å². The Labute approximate surface area is 83.5 Å². The van der Waals surface area contributed by atoms with Crippen molar-refractivity contribution in [1.29, 1.82) is 0 Å². The van der Waals surface area contributed by atoms with Gasteiger partial charge in [0.1, 0.15) is 0 Å². The predicted octanol–water partition coefficient (Wildman–Crippen LogP) is 0.579. The highest BCUT2D eigenvalue weighted by atomic mass is 32.2. The molecule has 1 aliphatic rings. The van der Waals surface area contributed by atoms with E-state index in [1.54, 1.807) is 11.8 Å². The minimum Gasteiger partial charge on any atom is -0.393 e. The van der Waals surface area contributed by atoms with Crippen LogP contribution in [-0.4, -0.2) is 47.1 Å². The number of likely N-dealkylation sites (tertiary alicyclic amines) is 1. The Bertz CT molecular complexity index is 186. The Morgan fingerprint density at radius 1 is 1.69 bits per heavy atom. The molecular weight excluding hydrogens is 186 g/mol. The second kappa shape index (κ2) is 4.86. The standard InChI is InChI=1S/C9H17NO2S/c1-7-5-10(4-3-8(7)11)9(12)6-13-2/h7-8,11H,3-6H2,1-2H3. The van der Waals surface area contributed by atoms with E-state index < -0.39 is 0 Å². The smallest absolute Gasteiger partial charge is 0.232 e. The molecule has 0 radical (unpaired) electrons. The molecule has 1 saturated heterocycles. The third-order valence-corrected chi connectivity index (χ3v) is 3.02. The van der Waals surface area contributed by atoms with Gasteiger partial charge in [-0.25, -0.2) is 0 Å². The monoisotopic (exact) mass is 203 g/mol. The van der Waals surface area contributed by atoms with Crippen LogP contribution in [0.4, 0.5) is 0 Å². The second-order valence-electron chi connectivity index (χ2n) is 3.61. The number of carbonyl (C=O) groups is 1. The highest BCUT2D eigenvalue weighted by Crippen LogP contribution is 2.17. The number of nitrogens with zero attached hydrogens (tertiary/aromatic N) is 1. The van der Waals surface area contributed by atoms with Crippen molar-refractivity contribution in [2.75, 3.05) is 25.1 Å². The Hall–Kier alpha value is -0.220. The molecule has 4 heteroatoms. The molecule has 1 N–H and O–H groups in total. The lowest BCUT2D eigenvalue weighted by Crippen LogP contribution is -2.45. The fourth-order valence-corrected chi connectivity index (χ4v) is 2.00. The fourth-order valence-electron chi connectivity index (χ4n) is 1.57. The number of aliphatic hydroxyl groups is 1. The van der Waals surface area contributed by atoms with Crippen LogP contribution in [0, 0.1) is 5.92 Å². The number of thioether (sulfide) groups is 1. The highest BCUT2D eigenvalue weighted by Gasteiger charge is 2.26. The summed E-state index contributed by atoms with van der Waals surface area (Å²) in [7, 11) is 0. The summed E-state index contributed by atoms with van der Waals surface area (Å²) in [5.74, 6) is 0.980. The maximum absolute atomic E-state index is 11.5. The number of hydrogen-bond donors (Lipinski definition) is 1. The Morgan fingerprint density at radius 2 is 2.38 bits per heavy atom. The quantitative estimate of drug-likeness (QED) is 0.713. The number of rotatable bonds is 2. The number of carbonyl (C=O) groups excluding carboxylic acids is 1. The summed E-state index contributed by atoms with van der Waals surface area (Å²) in [6.45, 7) is 3.41. The van der Waals surface area contributed by atoms with Crippen LogP contribution in [-0.2, 0) is 4.79 Å². The van der Waals surface area contributed by atoms with Crippen molar-refractivity contribution in [2.24, 2.45) is 5.92 Å². The van der Waals surface area contributed by atoms with Crippen molar-refractivity contribution >= 4 is 17.7 Å². The van der Waals surface area contributed by atoms with Crippen molar-refractivity contribution in [3.05, 3.63) is 0 Å². The van der Waals surface area contributed by atoms with Gasteiger partial charge in [0.05, 0.1) is 11.9 Å². The van der Waals surface area contributed by atoms with Gasteiger partial charge < -0.3 is 10.0 Å². The zero-order chi connectivity index (χ0) is 9.84. The SMILES string of the molecule is CSCC(=O)N1CCC(O)C(C)C1. The van der Waals surface area contributed by atoms with Gasteiger partial charge in [-0.2, -0.15) is 11.8 Å². The summed E-state index contributed by atoms with van der Waals surface area (Å²) in [5, 5.41) is 9.46. The van der Waals surface area contributed by atoms with Gasteiger partial charge in [0, 0.05) is 13.1 Å². The summed E-state index contributed by atoms with van der Waals surface area (Å²) < 4.78 is 0. The molecule has 0 aromatic rings. The number of amides is 1. The molecule has 0 spiro atoms. The van der Waals surface area contributed by atoms with E-state index in [0.29, 0.717) is 18.8 Å². The topological polar surface area (TPSA) is 40.5 Å². The van der Waals surface area contributed by atoms with E-state index in [1.165, 1.54) is 0 Å². The number of piperidine rings is 1. The summed E-state index contributed by atoms with van der Waals surface area (Å²) in [6.07, 6.45) is 2.43. The molecule has 1 rings (SSSR count). The van der Waals surface area contributed by atoms with Gasteiger partial charge in [-0.1, -0.05) is 6.92 Å². The van der Waals surface area contributed by atoms with Gasteiger partial charge >= 0.3 is 0 Å². The maximum Gasteiger partial charge on any atom is 0.232 e. The van der Waals surface area contributed by atoms with E-state index in [-0.39, 0.29) is 17.9 Å². The Balaban J connectivity index is 2.40. The van der Waals surface area contributed by atoms with E-state index in [9.17, 15) is 9.90 Å². The molecule has 1 fully saturated rings. The summed E-state index contributed by atoms with van der Waals surface area (Å²) in [6, 6.07) is 0. The Morgan fingerprint density at radius 3 is 2.92 bits per heavy atom. The van der Waals surface area contributed by atoms with E-state index in [2.05, 4.69) is 0 Å². The predicted molar refractivity (Wildman–Crippen MR) is 54.7 cm³/mol. The molecule has 76 valence electrons. The first kappa shape index (κ1) is 10.9. The van der Waals surface area contributed by atoms with E-state index in [1.807, 2.05) is 18.1 Å². The maximum atomic E-state index is 11.5. The second-order valence-corrected chi connectivity index (χ2v) is 4.47. The molecular formula is C9H17NO2S. The molecule has 1 amide bonds. The zero-order valence-corrected chi connectivity index (χ0v) is 9.01. The van der Waals surface area contributed by atoms with Crippen molar-refractivity contribution in [2.45, 2.75) is 19.4 Å². The van der Waals surface area contributed by atoms with Crippen molar-refractivity contribution in [1.82, 2.24) is 4.90 Å². The normalized spacial score (nSPS) is 29.0. The summed E-state index contributed by atoms with van der Waals surface area (Å²) >= 11 is 1.55. The number of aliphatic hydroxyl groups excluding tert-OH is 1. The third kappa shape index (κ3) is 2.88. The average Bonchev–Trinajstić information content (AvgIpc) is 2.10. The van der Waals surface area contributed by atoms with Gasteiger partial charge in [0.15, 0.2) is 0 Å². The lowest BCUT2D eigenvalue weighted by molar-refractivity contribution is -0.131. The van der Waals surface area contributed by atoms with E-state index in [0.717, 1.165) is 6.42 Å². The van der Waals surface area contributed by atoms with Gasteiger partial charge in [0.2, 0.25) is 5.91 Å². The minimum absolute atomic E-state index is 0.200. The zero-order valence-electron chi connectivity index (χ0n) is 8.19. The van der Waals surface area contributed by atoms with Crippen molar-refractivity contribution in [3.63, 3.8) is 0 Å². The van der Waals surface area contributed by atoms with Crippen LogP contribution >= 0.6 is 11.8 Å². The highest BCUT2D eigenvalue weighted by molar-refractivity contribution is 7.99. The van der Waals surface area contributed by atoms with Crippen LogP contribution in [0.25, 0.3) is 0 Å². The third-order valence-electron chi connectivity index (χ3n) is 2.48. The van der Waals surface area contributed by atoms with Crippen LogP contribution in [0.5, 0.6) is 0 Å². The molecule has 0 aromatic carbocycles. The first-order chi connectivity index (χ1) is 6.15. The molecule has 0 aromatic heterocycles. The van der Waals surface area contributed by atoms with Gasteiger partial charge in [-0.3, -0.25) is 4.79 Å². The molecule has 2 unspecified atom stereocenters. The largest absolute Gasteiger partial charge is 0.393 e. The molecule has 1 aliphatic heterocycles. The first-order valence-corrected chi connectivity index (χ1v) is 5.99. The summed E-state index contributed by atoms with van der Waals surface area (Å²) in [4.78, 5) is 13.3. The summed E-state index contributed by atoms with van der Waals surface area (Å²) in [5.41, 5.74) is 0. The minimum atomic E-state index is -0.224. The van der Waals surface area contributed by atoms with E-state index in [4.69, 9.17) is 0 Å². The lowest BCUT2D eigenvalue weighted by Gasteiger charge is -2.34. The fraction of sp³-hybridized carbons (Fsp3) is 0.889. The molecule has 2 atom stereocenters. The van der Waals surface area contributed by atoms with Crippen LogP contribution in [0.15, 0.2) is 0 Å². The molecule has 0 saturated carbocycles. The first-order valence-electron chi connectivity index (χ1n) is 4.60. The van der Waals surface area contributed by atoms with Crippen LogP contribution in [0.3, 0.4) is 0 Å². The molecule has 0 bridgehead atoms. The Kier molecular flexibility index (Phi) is 4.06. The molecule has 13 heavy (non-hydrogen) atoms. The van der Waals surface area contributed by atoms with Crippen molar-refractivity contribution < 1.29 is 9.90 Å².